The van der Waals surface area contributed by atoms with Gasteiger partial charge in [0, 0.05) is 11.8 Å². The molecule has 0 saturated carbocycles. The molecule has 1 aromatic heterocycles. The predicted molar refractivity (Wildman–Crippen MR) is 101 cm³/mol. The van der Waals surface area contributed by atoms with E-state index >= 15 is 0 Å². The van der Waals surface area contributed by atoms with Gasteiger partial charge < -0.3 is 15.1 Å². The van der Waals surface area contributed by atoms with E-state index in [0.717, 1.165) is 0 Å². The summed E-state index contributed by atoms with van der Waals surface area (Å²) in [5.74, 6) is -0.535. The van der Waals surface area contributed by atoms with Crippen LogP contribution in [0.25, 0.3) is 6.08 Å². The van der Waals surface area contributed by atoms with Crippen molar-refractivity contribution >= 4 is 35.2 Å². The molecule has 130 valence electrons. The molecule has 6 heteroatoms. The van der Waals surface area contributed by atoms with Crippen LogP contribution in [0.4, 0.5) is 5.69 Å². The van der Waals surface area contributed by atoms with Crippen molar-refractivity contribution in [3.05, 3.63) is 95.0 Å². The molecule has 0 spiro atoms. The molecule has 1 heterocycles. The van der Waals surface area contributed by atoms with Crippen molar-refractivity contribution in [3.8, 4) is 0 Å². The maximum absolute atomic E-state index is 12.6. The summed E-state index contributed by atoms with van der Waals surface area (Å²) in [5, 5.41) is 5.62. The van der Waals surface area contributed by atoms with E-state index in [2.05, 4.69) is 10.6 Å². The molecule has 0 fully saturated rings. The fourth-order valence-corrected chi connectivity index (χ4v) is 2.45. The summed E-state index contributed by atoms with van der Waals surface area (Å²) in [4.78, 5) is 25.1. The Hall–Kier alpha value is -3.31. The Morgan fingerprint density at radius 1 is 0.923 bits per heavy atom. The minimum atomic E-state index is -0.489. The second-order valence-electron chi connectivity index (χ2n) is 5.33. The number of carbonyl (C=O) groups excluding carboxylic acids is 2. The Balaban J connectivity index is 1.85. The maximum Gasteiger partial charge on any atom is 0.272 e. The molecule has 2 N–H and O–H groups in total. The zero-order chi connectivity index (χ0) is 18.4. The van der Waals surface area contributed by atoms with Crippen molar-refractivity contribution < 1.29 is 14.0 Å². The number of hydrogen-bond donors (Lipinski definition) is 2. The van der Waals surface area contributed by atoms with Crippen LogP contribution in [0.3, 0.4) is 0 Å². The van der Waals surface area contributed by atoms with Crippen molar-refractivity contribution in [3.63, 3.8) is 0 Å². The third kappa shape index (κ3) is 4.40. The quantitative estimate of drug-likeness (QED) is 0.660. The van der Waals surface area contributed by atoms with E-state index in [1.165, 1.54) is 12.3 Å². The molecule has 0 atom stereocenters. The average molecular weight is 367 g/mol. The summed E-state index contributed by atoms with van der Waals surface area (Å²) in [6.07, 6.45) is 2.93. The second-order valence-corrected chi connectivity index (χ2v) is 5.73. The van der Waals surface area contributed by atoms with Crippen LogP contribution in [-0.4, -0.2) is 11.8 Å². The highest BCUT2D eigenvalue weighted by molar-refractivity contribution is 6.34. The summed E-state index contributed by atoms with van der Waals surface area (Å²) in [7, 11) is 0. The minimum absolute atomic E-state index is 0.0359. The highest BCUT2D eigenvalue weighted by atomic mass is 35.5. The Morgan fingerprint density at radius 3 is 2.35 bits per heavy atom. The number of carbonyl (C=O) groups is 2. The topological polar surface area (TPSA) is 71.3 Å². The number of furan rings is 1. The van der Waals surface area contributed by atoms with Gasteiger partial charge in [0.05, 0.1) is 16.8 Å². The second kappa shape index (κ2) is 8.18. The molecule has 5 nitrogen and oxygen atoms in total. The lowest BCUT2D eigenvalue weighted by molar-refractivity contribution is -0.113. The van der Waals surface area contributed by atoms with E-state index in [1.807, 2.05) is 6.07 Å². The normalized spacial score (nSPS) is 11.0. The summed E-state index contributed by atoms with van der Waals surface area (Å²) in [5.41, 5.74) is 0.913. The summed E-state index contributed by atoms with van der Waals surface area (Å²) in [6, 6.07) is 18.9. The number of para-hydroxylation sites is 1. The molecule has 0 aliphatic rings. The number of hydrogen-bond acceptors (Lipinski definition) is 3. The van der Waals surface area contributed by atoms with Crippen LogP contribution in [0, 0.1) is 0 Å². The zero-order valence-electron chi connectivity index (χ0n) is 13.6. The fraction of sp³-hybridized carbons (Fsp3) is 0. The van der Waals surface area contributed by atoms with Gasteiger partial charge in [-0.05, 0) is 36.4 Å². The smallest absolute Gasteiger partial charge is 0.272 e. The summed E-state index contributed by atoms with van der Waals surface area (Å²) in [6.45, 7) is 0. The molecular formula is C20H15ClN2O3. The van der Waals surface area contributed by atoms with Crippen molar-refractivity contribution in [2.45, 2.75) is 0 Å². The fourth-order valence-electron chi connectivity index (χ4n) is 2.23. The standard InChI is InChI=1S/C20H15ClN2O3/c21-17-11-5-4-10-16(17)19(24)23-18(13-15-9-6-12-26-15)20(25)22-14-7-2-1-3-8-14/h1-13H,(H,22,25)(H,23,24). The van der Waals surface area contributed by atoms with Crippen LogP contribution in [0.15, 0.2) is 83.1 Å². The number of anilines is 1. The van der Waals surface area contributed by atoms with Gasteiger partial charge in [0.2, 0.25) is 0 Å². The van der Waals surface area contributed by atoms with Crippen molar-refractivity contribution in [2.24, 2.45) is 0 Å². The predicted octanol–water partition coefficient (Wildman–Crippen LogP) is 4.34. The molecule has 3 aromatic rings. The lowest BCUT2D eigenvalue weighted by Crippen LogP contribution is -2.30. The Kier molecular flexibility index (Phi) is 5.51. The van der Waals surface area contributed by atoms with Gasteiger partial charge in [-0.1, -0.05) is 41.9 Å². The van der Waals surface area contributed by atoms with E-state index in [-0.39, 0.29) is 11.3 Å². The average Bonchev–Trinajstić information content (AvgIpc) is 3.15. The molecule has 2 amide bonds. The number of halogens is 1. The van der Waals surface area contributed by atoms with Gasteiger partial charge in [0.1, 0.15) is 11.5 Å². The molecule has 0 aliphatic heterocycles. The number of nitrogens with one attached hydrogen (secondary N) is 2. The van der Waals surface area contributed by atoms with Crippen LogP contribution in [0.2, 0.25) is 5.02 Å². The number of amides is 2. The van der Waals surface area contributed by atoms with Crippen LogP contribution in [0.5, 0.6) is 0 Å². The lowest BCUT2D eigenvalue weighted by Gasteiger charge is -2.11. The van der Waals surface area contributed by atoms with Gasteiger partial charge in [-0.25, -0.2) is 0 Å². The summed E-state index contributed by atoms with van der Waals surface area (Å²) < 4.78 is 5.24. The molecule has 0 aliphatic carbocycles. The molecular weight excluding hydrogens is 352 g/mol. The first kappa shape index (κ1) is 17.5. The van der Waals surface area contributed by atoms with Crippen molar-refractivity contribution in [1.82, 2.24) is 5.32 Å². The molecule has 0 radical (unpaired) electrons. The van der Waals surface area contributed by atoms with Gasteiger partial charge in [-0.2, -0.15) is 0 Å². The van der Waals surface area contributed by atoms with Crippen LogP contribution in [0.1, 0.15) is 16.1 Å². The number of benzene rings is 2. The van der Waals surface area contributed by atoms with Gasteiger partial charge in [0.25, 0.3) is 11.8 Å². The molecule has 0 saturated heterocycles. The zero-order valence-corrected chi connectivity index (χ0v) is 14.4. The third-order valence-electron chi connectivity index (χ3n) is 3.47. The highest BCUT2D eigenvalue weighted by Crippen LogP contribution is 2.16. The first-order valence-corrected chi connectivity index (χ1v) is 8.19. The van der Waals surface area contributed by atoms with E-state index in [1.54, 1.807) is 60.7 Å². The minimum Gasteiger partial charge on any atom is -0.465 e. The molecule has 0 unspecified atom stereocenters. The SMILES string of the molecule is O=C(Nc1ccccc1)C(=Cc1ccco1)NC(=O)c1ccccc1Cl. The molecule has 0 bridgehead atoms. The van der Waals surface area contributed by atoms with E-state index < -0.39 is 11.8 Å². The van der Waals surface area contributed by atoms with Crippen LogP contribution < -0.4 is 10.6 Å². The third-order valence-corrected chi connectivity index (χ3v) is 3.80. The first-order valence-electron chi connectivity index (χ1n) is 7.81. The Morgan fingerprint density at radius 2 is 1.65 bits per heavy atom. The van der Waals surface area contributed by atoms with Crippen molar-refractivity contribution in [1.29, 1.82) is 0 Å². The highest BCUT2D eigenvalue weighted by Gasteiger charge is 2.17. The van der Waals surface area contributed by atoms with E-state index in [9.17, 15) is 9.59 Å². The monoisotopic (exact) mass is 366 g/mol. The Labute approximate surface area is 155 Å². The van der Waals surface area contributed by atoms with Gasteiger partial charge in [-0.3, -0.25) is 9.59 Å². The van der Waals surface area contributed by atoms with Crippen molar-refractivity contribution in [2.75, 3.05) is 5.32 Å². The van der Waals surface area contributed by atoms with Crippen LogP contribution >= 0.6 is 11.6 Å². The largest absolute Gasteiger partial charge is 0.465 e. The number of rotatable bonds is 5. The van der Waals surface area contributed by atoms with Crippen LogP contribution in [-0.2, 0) is 4.79 Å². The van der Waals surface area contributed by atoms with Gasteiger partial charge in [0.15, 0.2) is 0 Å². The van der Waals surface area contributed by atoms with Gasteiger partial charge in [-0.15, -0.1) is 0 Å². The Bertz CT molecular complexity index is 935. The first-order chi connectivity index (χ1) is 12.6. The maximum atomic E-state index is 12.6. The lowest BCUT2D eigenvalue weighted by atomic mass is 10.2. The summed E-state index contributed by atoms with van der Waals surface area (Å²) >= 11 is 6.06. The van der Waals surface area contributed by atoms with E-state index in [4.69, 9.17) is 16.0 Å². The molecule has 2 aromatic carbocycles. The molecule has 3 rings (SSSR count). The van der Waals surface area contributed by atoms with Gasteiger partial charge >= 0.3 is 0 Å². The van der Waals surface area contributed by atoms with E-state index in [0.29, 0.717) is 16.5 Å². The molecule has 26 heavy (non-hydrogen) atoms.